The summed E-state index contributed by atoms with van der Waals surface area (Å²) in [7, 11) is 0. The molecular weight excluding hydrogens is 282 g/mol. The summed E-state index contributed by atoms with van der Waals surface area (Å²) in [5.41, 5.74) is 0.228. The van der Waals surface area contributed by atoms with Crippen molar-refractivity contribution < 1.29 is 9.90 Å². The zero-order valence-corrected chi connectivity index (χ0v) is 12.9. The second-order valence-corrected chi connectivity index (χ2v) is 6.43. The molecule has 1 aromatic heterocycles. The molecule has 1 aliphatic rings. The Kier molecular flexibility index (Phi) is 3.56. The lowest BCUT2D eigenvalue weighted by Gasteiger charge is -2.33. The van der Waals surface area contributed by atoms with Crippen molar-refractivity contribution in [2.24, 2.45) is 0 Å². The summed E-state index contributed by atoms with van der Waals surface area (Å²) < 4.78 is 1.46. The molecule has 3 rings (SSSR count). The Morgan fingerprint density at radius 3 is 2.86 bits per heavy atom. The number of nitrogens with zero attached hydrogens (tertiary/aromatic N) is 2. The van der Waals surface area contributed by atoms with Crippen LogP contribution in [-0.2, 0) is 11.3 Å². The maximum atomic E-state index is 12.6. The standard InChI is InChI=1S/C16H21N3O3/c1-16(2,22)13-8-5-9-18(13)14(20)10-19-12-7-4-3-6-11(12)17-15(19)21/h3-4,6-7,13,22H,5,8-10H2,1-2H3,(H,17,21). The van der Waals surface area contributed by atoms with Crippen molar-refractivity contribution in [2.75, 3.05) is 6.54 Å². The first-order chi connectivity index (χ1) is 10.4. The van der Waals surface area contributed by atoms with Gasteiger partial charge in [-0.3, -0.25) is 9.36 Å². The largest absolute Gasteiger partial charge is 0.388 e. The maximum absolute atomic E-state index is 12.6. The van der Waals surface area contributed by atoms with Crippen LogP contribution in [0.25, 0.3) is 11.0 Å². The Labute approximate surface area is 128 Å². The minimum atomic E-state index is -0.933. The molecule has 22 heavy (non-hydrogen) atoms. The van der Waals surface area contributed by atoms with Crippen molar-refractivity contribution in [3.63, 3.8) is 0 Å². The van der Waals surface area contributed by atoms with Crippen molar-refractivity contribution in [2.45, 2.75) is 44.9 Å². The predicted molar refractivity (Wildman–Crippen MR) is 83.6 cm³/mol. The number of fused-ring (bicyclic) bond motifs is 1. The number of hydrogen-bond acceptors (Lipinski definition) is 3. The van der Waals surface area contributed by atoms with Crippen LogP contribution in [0.1, 0.15) is 26.7 Å². The van der Waals surface area contributed by atoms with Gasteiger partial charge in [-0.05, 0) is 38.8 Å². The van der Waals surface area contributed by atoms with Gasteiger partial charge in [-0.1, -0.05) is 12.1 Å². The topological polar surface area (TPSA) is 78.3 Å². The molecule has 1 aliphatic heterocycles. The number of carbonyl (C=O) groups excluding carboxylic acids is 1. The molecule has 2 aromatic rings. The van der Waals surface area contributed by atoms with Crippen molar-refractivity contribution >= 4 is 16.9 Å². The zero-order chi connectivity index (χ0) is 15.9. The Morgan fingerprint density at radius 1 is 1.41 bits per heavy atom. The first-order valence-corrected chi connectivity index (χ1v) is 7.57. The van der Waals surface area contributed by atoms with Crippen LogP contribution < -0.4 is 5.69 Å². The van der Waals surface area contributed by atoms with Crippen molar-refractivity contribution in [3.8, 4) is 0 Å². The number of likely N-dealkylation sites (tertiary alicyclic amines) is 1. The van der Waals surface area contributed by atoms with Gasteiger partial charge in [0.25, 0.3) is 0 Å². The Hall–Kier alpha value is -2.08. The molecule has 1 amide bonds. The Bertz CT molecular complexity index is 754. The van der Waals surface area contributed by atoms with E-state index in [2.05, 4.69) is 4.98 Å². The fourth-order valence-corrected chi connectivity index (χ4v) is 3.29. The highest BCUT2D eigenvalue weighted by Gasteiger charge is 2.38. The number of para-hydroxylation sites is 2. The molecule has 118 valence electrons. The van der Waals surface area contributed by atoms with Gasteiger partial charge in [0.2, 0.25) is 5.91 Å². The maximum Gasteiger partial charge on any atom is 0.326 e. The smallest absolute Gasteiger partial charge is 0.326 e. The van der Waals surface area contributed by atoms with E-state index < -0.39 is 5.60 Å². The molecule has 0 saturated carbocycles. The number of benzene rings is 1. The molecule has 0 aliphatic carbocycles. The van der Waals surface area contributed by atoms with Crippen LogP contribution in [-0.4, -0.2) is 43.7 Å². The monoisotopic (exact) mass is 303 g/mol. The third-order valence-corrected chi connectivity index (χ3v) is 4.36. The molecule has 0 radical (unpaired) electrons. The van der Waals surface area contributed by atoms with Crippen LogP contribution in [0, 0.1) is 0 Å². The minimum absolute atomic E-state index is 0.00454. The van der Waals surface area contributed by atoms with E-state index in [0.717, 1.165) is 23.9 Å². The summed E-state index contributed by atoms with van der Waals surface area (Å²) in [6, 6.07) is 7.12. The van der Waals surface area contributed by atoms with Crippen LogP contribution in [0.15, 0.2) is 29.1 Å². The number of aromatic nitrogens is 2. The quantitative estimate of drug-likeness (QED) is 0.891. The first kappa shape index (κ1) is 14.8. The average molecular weight is 303 g/mol. The van der Waals surface area contributed by atoms with E-state index in [4.69, 9.17) is 0 Å². The lowest BCUT2D eigenvalue weighted by molar-refractivity contribution is -0.137. The molecule has 1 saturated heterocycles. The van der Waals surface area contributed by atoms with Gasteiger partial charge in [0.1, 0.15) is 6.54 Å². The number of amides is 1. The second kappa shape index (κ2) is 5.28. The van der Waals surface area contributed by atoms with E-state index in [1.165, 1.54) is 4.57 Å². The van der Waals surface area contributed by atoms with Crippen molar-refractivity contribution in [1.29, 1.82) is 0 Å². The molecule has 6 nitrogen and oxygen atoms in total. The molecule has 1 atom stereocenters. The van der Waals surface area contributed by atoms with Gasteiger partial charge in [0.05, 0.1) is 22.7 Å². The third-order valence-electron chi connectivity index (χ3n) is 4.36. The van der Waals surface area contributed by atoms with Gasteiger partial charge in [-0.15, -0.1) is 0 Å². The number of imidazole rings is 1. The number of nitrogens with one attached hydrogen (secondary N) is 1. The Balaban J connectivity index is 1.87. The summed E-state index contributed by atoms with van der Waals surface area (Å²) >= 11 is 0. The second-order valence-electron chi connectivity index (χ2n) is 6.43. The van der Waals surface area contributed by atoms with E-state index in [1.807, 2.05) is 24.3 Å². The van der Waals surface area contributed by atoms with Gasteiger partial charge in [-0.25, -0.2) is 4.79 Å². The SMILES string of the molecule is CC(C)(O)C1CCCN1C(=O)Cn1c(=O)[nH]c2ccccc21. The highest BCUT2D eigenvalue weighted by molar-refractivity contribution is 5.81. The number of carbonyl (C=O) groups is 1. The minimum Gasteiger partial charge on any atom is -0.388 e. The summed E-state index contributed by atoms with van der Waals surface area (Å²) in [6.07, 6.45) is 1.67. The van der Waals surface area contributed by atoms with Gasteiger partial charge >= 0.3 is 5.69 Å². The van der Waals surface area contributed by atoms with Crippen LogP contribution >= 0.6 is 0 Å². The van der Waals surface area contributed by atoms with Gasteiger partial charge < -0.3 is 15.0 Å². The zero-order valence-electron chi connectivity index (χ0n) is 12.9. The molecule has 0 bridgehead atoms. The molecular formula is C16H21N3O3. The van der Waals surface area contributed by atoms with Gasteiger partial charge in [0, 0.05) is 6.54 Å². The molecule has 1 aromatic carbocycles. The van der Waals surface area contributed by atoms with Crippen LogP contribution in [0.3, 0.4) is 0 Å². The van der Waals surface area contributed by atoms with Gasteiger partial charge in [-0.2, -0.15) is 0 Å². The molecule has 2 heterocycles. The number of aromatic amines is 1. The summed E-state index contributed by atoms with van der Waals surface area (Å²) in [4.78, 5) is 29.1. The third kappa shape index (κ3) is 2.54. The molecule has 2 N–H and O–H groups in total. The van der Waals surface area contributed by atoms with E-state index in [9.17, 15) is 14.7 Å². The number of hydrogen-bond donors (Lipinski definition) is 2. The molecule has 1 unspecified atom stereocenters. The molecule has 1 fully saturated rings. The van der Waals surface area contributed by atoms with Crippen LogP contribution in [0.2, 0.25) is 0 Å². The average Bonchev–Trinajstić information content (AvgIpc) is 3.04. The van der Waals surface area contributed by atoms with E-state index in [0.29, 0.717) is 6.54 Å². The van der Waals surface area contributed by atoms with E-state index in [-0.39, 0.29) is 24.2 Å². The van der Waals surface area contributed by atoms with Crippen molar-refractivity contribution in [1.82, 2.24) is 14.5 Å². The predicted octanol–water partition coefficient (Wildman–Crippen LogP) is 1.09. The van der Waals surface area contributed by atoms with Crippen LogP contribution in [0.4, 0.5) is 0 Å². The highest BCUT2D eigenvalue weighted by Crippen LogP contribution is 2.27. The summed E-state index contributed by atoms with van der Waals surface area (Å²) in [6.45, 7) is 4.07. The molecule has 6 heteroatoms. The number of rotatable bonds is 3. The fourth-order valence-electron chi connectivity index (χ4n) is 3.29. The number of aliphatic hydroxyl groups is 1. The van der Waals surface area contributed by atoms with Crippen LogP contribution in [0.5, 0.6) is 0 Å². The lowest BCUT2D eigenvalue weighted by atomic mass is 9.96. The van der Waals surface area contributed by atoms with Crippen molar-refractivity contribution in [3.05, 3.63) is 34.7 Å². The fraction of sp³-hybridized carbons (Fsp3) is 0.500. The highest BCUT2D eigenvalue weighted by atomic mass is 16.3. The van der Waals surface area contributed by atoms with E-state index in [1.54, 1.807) is 18.7 Å². The number of H-pyrrole nitrogens is 1. The van der Waals surface area contributed by atoms with Gasteiger partial charge in [0.15, 0.2) is 0 Å². The summed E-state index contributed by atoms with van der Waals surface area (Å²) in [5.74, 6) is -0.128. The first-order valence-electron chi connectivity index (χ1n) is 7.57. The lowest BCUT2D eigenvalue weighted by Crippen LogP contribution is -2.49. The Morgan fingerprint density at radius 2 is 2.14 bits per heavy atom. The summed E-state index contributed by atoms with van der Waals surface area (Å²) in [5, 5.41) is 10.2. The molecule has 0 spiro atoms. The van der Waals surface area contributed by atoms with E-state index >= 15 is 0 Å². The normalized spacial score (nSPS) is 19.0.